The molecule has 13 heavy (non-hydrogen) atoms. The maximum atomic E-state index is 9.19. The van der Waals surface area contributed by atoms with Crippen LogP contribution in [0.4, 0.5) is 0 Å². The van der Waals surface area contributed by atoms with Gasteiger partial charge in [0.25, 0.3) is 5.95 Å². The molecule has 0 bridgehead atoms. The van der Waals surface area contributed by atoms with Crippen molar-refractivity contribution < 1.29 is 9.84 Å². The lowest BCUT2D eigenvalue weighted by molar-refractivity contribution is 0.135. The molecule has 0 atom stereocenters. The molecular weight excluding hydrogens is 166 g/mol. The van der Waals surface area contributed by atoms with E-state index in [1.54, 1.807) is 6.08 Å². The molecule has 0 saturated carbocycles. The summed E-state index contributed by atoms with van der Waals surface area (Å²) in [7, 11) is 1.46. The van der Waals surface area contributed by atoms with E-state index in [9.17, 15) is 5.11 Å². The summed E-state index contributed by atoms with van der Waals surface area (Å²) < 4.78 is 4.69. The van der Waals surface area contributed by atoms with Crippen molar-refractivity contribution in [2.24, 2.45) is 0 Å². The van der Waals surface area contributed by atoms with E-state index < -0.39 is 0 Å². The van der Waals surface area contributed by atoms with Crippen LogP contribution in [-0.2, 0) is 4.74 Å². The minimum absolute atomic E-state index is 0.0278. The third-order valence-electron chi connectivity index (χ3n) is 2.25. The third-order valence-corrected chi connectivity index (χ3v) is 2.25. The topological polar surface area (TPSA) is 32.7 Å². The van der Waals surface area contributed by atoms with Crippen molar-refractivity contribution in [3.63, 3.8) is 0 Å². The predicted molar refractivity (Wildman–Crippen MR) is 52.3 cm³/mol. The Bertz CT molecular complexity index is 215. The lowest BCUT2D eigenvalue weighted by Gasteiger charge is -2.18. The van der Waals surface area contributed by atoms with E-state index in [1.165, 1.54) is 20.0 Å². The fraction of sp³-hybridized carbons (Fsp3) is 0.600. The number of ether oxygens (including phenoxy) is 1. The Morgan fingerprint density at radius 3 is 2.46 bits per heavy atom. The number of hydrogen-bond acceptors (Lipinski definition) is 3. The molecule has 3 heteroatoms. The van der Waals surface area contributed by atoms with Crippen molar-refractivity contribution in [1.29, 1.82) is 0 Å². The van der Waals surface area contributed by atoms with E-state index in [0.29, 0.717) is 0 Å². The van der Waals surface area contributed by atoms with Gasteiger partial charge in [-0.05, 0) is 19.8 Å². The molecule has 3 nitrogen and oxygen atoms in total. The van der Waals surface area contributed by atoms with Gasteiger partial charge < -0.3 is 14.7 Å². The Morgan fingerprint density at radius 1 is 1.38 bits per heavy atom. The zero-order valence-corrected chi connectivity index (χ0v) is 8.29. The second-order valence-corrected chi connectivity index (χ2v) is 3.09. The lowest BCUT2D eigenvalue weighted by atomic mass is 10.3. The number of aliphatic hydroxyl groups excluding tert-OH is 1. The van der Waals surface area contributed by atoms with Crippen LogP contribution < -0.4 is 0 Å². The molecule has 0 unspecified atom stereocenters. The summed E-state index contributed by atoms with van der Waals surface area (Å²) in [6, 6.07) is 0. The van der Waals surface area contributed by atoms with Gasteiger partial charge in [0.05, 0.1) is 7.11 Å². The van der Waals surface area contributed by atoms with Crippen LogP contribution >= 0.6 is 0 Å². The van der Waals surface area contributed by atoms with Crippen LogP contribution in [0, 0.1) is 0 Å². The van der Waals surface area contributed by atoms with E-state index in [4.69, 9.17) is 4.74 Å². The Morgan fingerprint density at radius 2 is 2.00 bits per heavy atom. The molecule has 1 N–H and O–H groups in total. The van der Waals surface area contributed by atoms with Crippen LogP contribution in [0.3, 0.4) is 0 Å². The summed E-state index contributed by atoms with van der Waals surface area (Å²) in [6.45, 7) is 4.12. The van der Waals surface area contributed by atoms with Crippen molar-refractivity contribution in [2.75, 3.05) is 20.2 Å². The van der Waals surface area contributed by atoms with Crippen molar-refractivity contribution in [3.8, 4) is 0 Å². The highest BCUT2D eigenvalue weighted by atomic mass is 16.6. The molecule has 1 aliphatic rings. The average Bonchev–Trinajstić information content (AvgIpc) is 2.66. The molecule has 0 aromatic heterocycles. The van der Waals surface area contributed by atoms with E-state index in [2.05, 4.69) is 4.90 Å². The molecule has 0 amide bonds. The van der Waals surface area contributed by atoms with Gasteiger partial charge in [0.1, 0.15) is 0 Å². The third kappa shape index (κ3) is 2.68. The first kappa shape index (κ1) is 9.96. The summed E-state index contributed by atoms with van der Waals surface area (Å²) in [6.07, 6.45) is 6.11. The van der Waals surface area contributed by atoms with Crippen molar-refractivity contribution in [2.45, 2.75) is 19.8 Å². The van der Waals surface area contributed by atoms with Gasteiger partial charge in [0.15, 0.2) is 0 Å². The molecule has 0 aromatic carbocycles. The minimum atomic E-state index is -0.0278. The fourth-order valence-corrected chi connectivity index (χ4v) is 1.52. The summed E-state index contributed by atoms with van der Waals surface area (Å²) in [5.41, 5.74) is 1.04. The molecule has 1 aliphatic heterocycles. The number of allylic oxidation sites excluding steroid dienone is 2. The maximum Gasteiger partial charge on any atom is 0.278 e. The number of likely N-dealkylation sites (tertiary alicyclic amines) is 1. The van der Waals surface area contributed by atoms with Gasteiger partial charge in [-0.2, -0.15) is 0 Å². The Labute approximate surface area is 79.3 Å². The van der Waals surface area contributed by atoms with Crippen LogP contribution in [0.2, 0.25) is 0 Å². The summed E-state index contributed by atoms with van der Waals surface area (Å²) >= 11 is 0. The highest BCUT2D eigenvalue weighted by molar-refractivity contribution is 5.17. The van der Waals surface area contributed by atoms with E-state index in [-0.39, 0.29) is 5.95 Å². The largest absolute Gasteiger partial charge is 0.481 e. The molecule has 0 aliphatic carbocycles. The smallest absolute Gasteiger partial charge is 0.278 e. The zero-order valence-electron chi connectivity index (χ0n) is 8.29. The molecular formula is C10H17NO2. The van der Waals surface area contributed by atoms with E-state index >= 15 is 0 Å². The number of hydrogen-bond donors (Lipinski definition) is 1. The van der Waals surface area contributed by atoms with Crippen LogP contribution in [0.15, 0.2) is 23.8 Å². The van der Waals surface area contributed by atoms with E-state index in [0.717, 1.165) is 18.8 Å². The van der Waals surface area contributed by atoms with Gasteiger partial charge in [-0.25, -0.2) is 0 Å². The molecule has 0 aromatic rings. The molecule has 1 saturated heterocycles. The highest BCUT2D eigenvalue weighted by Gasteiger charge is 2.13. The number of nitrogens with zero attached hydrogens (tertiary/aromatic N) is 1. The van der Waals surface area contributed by atoms with E-state index in [1.807, 2.05) is 13.0 Å². The zero-order chi connectivity index (χ0) is 9.68. The average molecular weight is 183 g/mol. The quantitative estimate of drug-likeness (QED) is 0.537. The van der Waals surface area contributed by atoms with Gasteiger partial charge in [-0.1, -0.05) is 6.08 Å². The van der Waals surface area contributed by atoms with Crippen molar-refractivity contribution >= 4 is 0 Å². The first-order chi connectivity index (χ1) is 6.27. The number of rotatable bonds is 3. The second kappa shape index (κ2) is 4.80. The molecule has 0 spiro atoms. The predicted octanol–water partition coefficient (Wildman–Crippen LogP) is 2.03. The minimum Gasteiger partial charge on any atom is -0.481 e. The van der Waals surface area contributed by atoms with Crippen LogP contribution in [0.25, 0.3) is 0 Å². The van der Waals surface area contributed by atoms with Gasteiger partial charge in [0.2, 0.25) is 0 Å². The molecule has 1 fully saturated rings. The van der Waals surface area contributed by atoms with Crippen LogP contribution in [0.5, 0.6) is 0 Å². The van der Waals surface area contributed by atoms with Gasteiger partial charge in [0, 0.05) is 24.9 Å². The second-order valence-electron chi connectivity index (χ2n) is 3.09. The summed E-state index contributed by atoms with van der Waals surface area (Å²) in [5.74, 6) is -0.0278. The summed E-state index contributed by atoms with van der Waals surface area (Å²) in [5, 5.41) is 9.19. The Hall–Kier alpha value is -1.12. The standard InChI is InChI=1S/C10H17NO2/c1-3-9(8-10(12)13-2)11-6-4-5-7-11/h3,8,12H,4-7H2,1-2H3/b9-3-,10-8+. The maximum absolute atomic E-state index is 9.19. The van der Waals surface area contributed by atoms with Crippen LogP contribution in [0.1, 0.15) is 19.8 Å². The lowest BCUT2D eigenvalue weighted by Crippen LogP contribution is -2.17. The van der Waals surface area contributed by atoms with Crippen molar-refractivity contribution in [3.05, 3.63) is 23.8 Å². The van der Waals surface area contributed by atoms with Gasteiger partial charge in [-0.15, -0.1) is 0 Å². The molecule has 74 valence electrons. The molecule has 1 rings (SSSR count). The van der Waals surface area contributed by atoms with Gasteiger partial charge in [-0.3, -0.25) is 0 Å². The number of aliphatic hydroxyl groups is 1. The molecule has 0 radical (unpaired) electrons. The van der Waals surface area contributed by atoms with Crippen molar-refractivity contribution in [1.82, 2.24) is 4.90 Å². The monoisotopic (exact) mass is 183 g/mol. The number of methoxy groups -OCH3 is 1. The first-order valence-corrected chi connectivity index (χ1v) is 4.64. The Balaban J connectivity index is 2.62. The first-order valence-electron chi connectivity index (χ1n) is 4.64. The molecule has 1 heterocycles. The summed E-state index contributed by atoms with van der Waals surface area (Å²) in [4.78, 5) is 2.25. The normalized spacial score (nSPS) is 19.4. The van der Waals surface area contributed by atoms with Gasteiger partial charge >= 0.3 is 0 Å². The SMILES string of the molecule is C/C=C(/C=C(\O)OC)N1CCCC1. The Kier molecular flexibility index (Phi) is 3.68. The van der Waals surface area contributed by atoms with Crippen LogP contribution in [-0.4, -0.2) is 30.2 Å². The highest BCUT2D eigenvalue weighted by Crippen LogP contribution is 2.16. The fourth-order valence-electron chi connectivity index (χ4n) is 1.52.